The number of amidine groups is 1. The van der Waals surface area contributed by atoms with E-state index in [1.54, 1.807) is 0 Å². The Labute approximate surface area is 97.8 Å². The van der Waals surface area contributed by atoms with Crippen LogP contribution in [0.5, 0.6) is 5.75 Å². The molecule has 3 nitrogen and oxygen atoms in total. The van der Waals surface area contributed by atoms with Crippen molar-refractivity contribution in [1.82, 2.24) is 4.90 Å². The summed E-state index contributed by atoms with van der Waals surface area (Å²) in [6, 6.07) is 7.85. The van der Waals surface area contributed by atoms with E-state index in [-0.39, 0.29) is 0 Å². The van der Waals surface area contributed by atoms with Gasteiger partial charge in [0.25, 0.3) is 0 Å². The van der Waals surface area contributed by atoms with Gasteiger partial charge in [0, 0.05) is 20.5 Å². The van der Waals surface area contributed by atoms with E-state index >= 15 is 0 Å². The summed E-state index contributed by atoms with van der Waals surface area (Å²) in [6.45, 7) is 4.78. The lowest BCUT2D eigenvalue weighted by molar-refractivity contribution is 0.340. The highest BCUT2D eigenvalue weighted by Gasteiger charge is 1.99. The van der Waals surface area contributed by atoms with Crippen molar-refractivity contribution in [2.75, 3.05) is 20.7 Å². The van der Waals surface area contributed by atoms with Gasteiger partial charge in [0.2, 0.25) is 0 Å². The molecule has 0 N–H and O–H groups in total. The summed E-state index contributed by atoms with van der Waals surface area (Å²) in [5.41, 5.74) is 0.967. The van der Waals surface area contributed by atoms with Crippen LogP contribution in [-0.4, -0.2) is 31.4 Å². The molecule has 1 aromatic rings. The zero-order chi connectivity index (χ0) is 12.0. The molecule has 0 heterocycles. The molecule has 0 saturated carbocycles. The Hall–Kier alpha value is -1.51. The first kappa shape index (κ1) is 12.6. The van der Waals surface area contributed by atoms with Gasteiger partial charge in [0.05, 0.1) is 12.3 Å². The molecule has 3 heteroatoms. The molecule has 0 spiro atoms. The summed E-state index contributed by atoms with van der Waals surface area (Å²) in [5.74, 6) is 1.97. The largest absolute Gasteiger partial charge is 0.494 e. The lowest BCUT2D eigenvalue weighted by Crippen LogP contribution is -2.20. The third-order valence-corrected chi connectivity index (χ3v) is 2.24. The summed E-state index contributed by atoms with van der Waals surface area (Å²) >= 11 is 0. The van der Waals surface area contributed by atoms with Crippen molar-refractivity contribution < 1.29 is 4.74 Å². The zero-order valence-electron chi connectivity index (χ0n) is 10.5. The number of benzene rings is 1. The van der Waals surface area contributed by atoms with Crippen molar-refractivity contribution in [3.63, 3.8) is 0 Å². The number of aliphatic imine (C=N–C) groups is 1. The van der Waals surface area contributed by atoms with Gasteiger partial charge in [-0.2, -0.15) is 0 Å². The van der Waals surface area contributed by atoms with E-state index in [9.17, 15) is 0 Å². The Morgan fingerprint density at radius 1 is 1.19 bits per heavy atom. The maximum absolute atomic E-state index is 5.38. The van der Waals surface area contributed by atoms with Crippen molar-refractivity contribution in [3.05, 3.63) is 24.3 Å². The van der Waals surface area contributed by atoms with Gasteiger partial charge in [0.15, 0.2) is 0 Å². The number of hydrogen-bond acceptors (Lipinski definition) is 2. The molecular formula is C13H20N2O. The van der Waals surface area contributed by atoms with Crippen molar-refractivity contribution in [1.29, 1.82) is 0 Å². The topological polar surface area (TPSA) is 24.8 Å². The summed E-state index contributed by atoms with van der Waals surface area (Å²) in [4.78, 5) is 6.60. The molecule has 0 amide bonds. The van der Waals surface area contributed by atoms with E-state index in [0.29, 0.717) is 6.61 Å². The molecule has 0 unspecified atom stereocenters. The molecule has 0 aliphatic rings. The Morgan fingerprint density at radius 3 is 2.25 bits per heavy atom. The van der Waals surface area contributed by atoms with E-state index < -0.39 is 0 Å². The van der Waals surface area contributed by atoms with E-state index in [0.717, 1.165) is 23.7 Å². The highest BCUT2D eigenvalue weighted by Crippen LogP contribution is 2.18. The molecule has 16 heavy (non-hydrogen) atoms. The van der Waals surface area contributed by atoms with Crippen LogP contribution in [0.2, 0.25) is 0 Å². The number of rotatable bonds is 4. The zero-order valence-corrected chi connectivity index (χ0v) is 10.5. The SMILES string of the molecule is CCOc1ccc(N=C(CC)N(C)C)cc1. The molecule has 0 aliphatic carbocycles. The van der Waals surface area contributed by atoms with Crippen LogP contribution < -0.4 is 4.74 Å². The predicted octanol–water partition coefficient (Wildman–Crippen LogP) is 3.09. The molecular weight excluding hydrogens is 200 g/mol. The molecule has 0 aromatic heterocycles. The Balaban J connectivity index is 2.81. The lowest BCUT2D eigenvalue weighted by atomic mass is 10.3. The van der Waals surface area contributed by atoms with Crippen LogP contribution in [-0.2, 0) is 0 Å². The summed E-state index contributed by atoms with van der Waals surface area (Å²) in [5, 5.41) is 0. The number of hydrogen-bond donors (Lipinski definition) is 0. The first-order valence-electron chi connectivity index (χ1n) is 5.65. The number of nitrogens with zero attached hydrogens (tertiary/aromatic N) is 2. The Bertz CT molecular complexity index is 341. The molecule has 0 radical (unpaired) electrons. The first-order chi connectivity index (χ1) is 7.67. The van der Waals surface area contributed by atoms with Crippen LogP contribution in [0.1, 0.15) is 20.3 Å². The van der Waals surface area contributed by atoms with E-state index in [4.69, 9.17) is 4.74 Å². The number of ether oxygens (including phenoxy) is 1. The molecule has 88 valence electrons. The Morgan fingerprint density at radius 2 is 1.81 bits per heavy atom. The minimum Gasteiger partial charge on any atom is -0.494 e. The molecule has 0 aliphatic heterocycles. The van der Waals surface area contributed by atoms with Crippen molar-refractivity contribution in [2.45, 2.75) is 20.3 Å². The summed E-state index contributed by atoms with van der Waals surface area (Å²) in [7, 11) is 4.02. The van der Waals surface area contributed by atoms with Crippen LogP contribution in [0.3, 0.4) is 0 Å². The van der Waals surface area contributed by atoms with Crippen LogP contribution in [0, 0.1) is 0 Å². The molecule has 0 atom stereocenters. The first-order valence-corrected chi connectivity index (χ1v) is 5.65. The summed E-state index contributed by atoms with van der Waals surface area (Å²) in [6.07, 6.45) is 0.931. The minimum absolute atomic E-state index is 0.695. The van der Waals surface area contributed by atoms with Gasteiger partial charge in [0.1, 0.15) is 11.6 Å². The second-order valence-electron chi connectivity index (χ2n) is 3.70. The maximum atomic E-state index is 5.38. The molecule has 0 bridgehead atoms. The van der Waals surface area contributed by atoms with Crippen LogP contribution in [0.4, 0.5) is 5.69 Å². The Kier molecular flexibility index (Phi) is 4.83. The second kappa shape index (κ2) is 6.16. The van der Waals surface area contributed by atoms with Crippen LogP contribution in [0.15, 0.2) is 29.3 Å². The molecule has 0 saturated heterocycles. The fourth-order valence-corrected chi connectivity index (χ4v) is 1.43. The van der Waals surface area contributed by atoms with Crippen molar-refractivity contribution in [3.8, 4) is 5.75 Å². The average molecular weight is 220 g/mol. The van der Waals surface area contributed by atoms with Gasteiger partial charge in [-0.05, 0) is 31.2 Å². The summed E-state index contributed by atoms with van der Waals surface area (Å²) < 4.78 is 5.38. The fourth-order valence-electron chi connectivity index (χ4n) is 1.43. The van der Waals surface area contributed by atoms with Crippen molar-refractivity contribution >= 4 is 11.5 Å². The maximum Gasteiger partial charge on any atom is 0.119 e. The van der Waals surface area contributed by atoms with Gasteiger partial charge >= 0.3 is 0 Å². The van der Waals surface area contributed by atoms with E-state index in [1.165, 1.54) is 0 Å². The highest BCUT2D eigenvalue weighted by atomic mass is 16.5. The second-order valence-corrected chi connectivity index (χ2v) is 3.70. The average Bonchev–Trinajstić information content (AvgIpc) is 2.28. The van der Waals surface area contributed by atoms with Gasteiger partial charge in [-0.3, -0.25) is 0 Å². The van der Waals surface area contributed by atoms with Crippen LogP contribution >= 0.6 is 0 Å². The van der Waals surface area contributed by atoms with E-state index in [1.807, 2.05) is 50.2 Å². The fraction of sp³-hybridized carbons (Fsp3) is 0.462. The van der Waals surface area contributed by atoms with Gasteiger partial charge < -0.3 is 9.64 Å². The quantitative estimate of drug-likeness (QED) is 0.575. The minimum atomic E-state index is 0.695. The third-order valence-electron chi connectivity index (χ3n) is 2.24. The van der Waals surface area contributed by atoms with E-state index in [2.05, 4.69) is 11.9 Å². The highest BCUT2D eigenvalue weighted by molar-refractivity contribution is 5.84. The van der Waals surface area contributed by atoms with Gasteiger partial charge in [-0.15, -0.1) is 0 Å². The predicted molar refractivity (Wildman–Crippen MR) is 68.7 cm³/mol. The van der Waals surface area contributed by atoms with Gasteiger partial charge in [-0.1, -0.05) is 6.92 Å². The van der Waals surface area contributed by atoms with Crippen LogP contribution in [0.25, 0.3) is 0 Å². The molecule has 1 rings (SSSR count). The standard InChI is InChI=1S/C13H20N2O/c1-5-13(15(3)4)14-11-7-9-12(10-8-11)16-6-2/h7-10H,5-6H2,1-4H3. The normalized spacial score (nSPS) is 11.4. The molecule has 0 fully saturated rings. The smallest absolute Gasteiger partial charge is 0.119 e. The third kappa shape index (κ3) is 3.57. The van der Waals surface area contributed by atoms with Crippen molar-refractivity contribution in [2.24, 2.45) is 4.99 Å². The monoisotopic (exact) mass is 220 g/mol. The van der Waals surface area contributed by atoms with Gasteiger partial charge in [-0.25, -0.2) is 4.99 Å². The molecule has 1 aromatic carbocycles. The lowest BCUT2D eigenvalue weighted by Gasteiger charge is -2.13.